The second-order valence-corrected chi connectivity index (χ2v) is 8.29. The summed E-state index contributed by atoms with van der Waals surface area (Å²) < 4.78 is 38.5. The Hall–Kier alpha value is -3.29. The molecule has 2 aromatic heterocycles. The van der Waals surface area contributed by atoms with Gasteiger partial charge in [-0.1, -0.05) is 35.9 Å². The molecule has 1 unspecified atom stereocenters. The molecule has 1 N–H and O–H groups in total. The molecule has 33 heavy (non-hydrogen) atoms. The zero-order chi connectivity index (χ0) is 23.3. The van der Waals surface area contributed by atoms with E-state index in [2.05, 4.69) is 27.6 Å². The molecule has 0 bridgehead atoms. The van der Waals surface area contributed by atoms with Crippen molar-refractivity contribution < 1.29 is 13.2 Å². The van der Waals surface area contributed by atoms with Crippen LogP contribution < -0.4 is 5.32 Å². The molecule has 0 amide bonds. The van der Waals surface area contributed by atoms with Crippen molar-refractivity contribution in [3.05, 3.63) is 76.0 Å². The van der Waals surface area contributed by atoms with Crippen molar-refractivity contribution >= 4 is 22.8 Å². The highest BCUT2D eigenvalue weighted by Gasteiger charge is 2.30. The minimum absolute atomic E-state index is 0.276. The lowest BCUT2D eigenvalue weighted by atomic mass is 10.0. The largest absolute Gasteiger partial charge is 0.416 e. The van der Waals surface area contributed by atoms with Crippen LogP contribution in [0.2, 0.25) is 0 Å². The van der Waals surface area contributed by atoms with Gasteiger partial charge in [0.15, 0.2) is 0 Å². The van der Waals surface area contributed by atoms with Gasteiger partial charge in [-0.2, -0.15) is 18.1 Å². The summed E-state index contributed by atoms with van der Waals surface area (Å²) in [5.74, 6) is 0.993. The summed E-state index contributed by atoms with van der Waals surface area (Å²) in [6.07, 6.45) is 5.98. The van der Waals surface area contributed by atoms with E-state index in [1.54, 1.807) is 18.2 Å². The van der Waals surface area contributed by atoms with Crippen LogP contribution in [0.4, 0.5) is 19.0 Å². The van der Waals surface area contributed by atoms with Gasteiger partial charge in [-0.25, -0.2) is 4.98 Å². The summed E-state index contributed by atoms with van der Waals surface area (Å²) in [7, 11) is 0. The maximum atomic E-state index is 12.8. The van der Waals surface area contributed by atoms with Gasteiger partial charge in [0, 0.05) is 23.8 Å². The molecular weight excluding hydrogens is 429 g/mol. The van der Waals surface area contributed by atoms with E-state index in [4.69, 9.17) is 4.98 Å². The Bertz CT molecular complexity index is 1160. The minimum Gasteiger partial charge on any atom is -0.370 e. The quantitative estimate of drug-likeness (QED) is 0.309. The fourth-order valence-corrected chi connectivity index (χ4v) is 3.98. The van der Waals surface area contributed by atoms with Crippen molar-refractivity contribution in [1.82, 2.24) is 9.97 Å². The summed E-state index contributed by atoms with van der Waals surface area (Å²) in [6.45, 7) is 0.962. The molecule has 1 aliphatic rings. The number of nitrogens with zero attached hydrogens (tertiary/aromatic N) is 3. The van der Waals surface area contributed by atoms with E-state index < -0.39 is 17.8 Å². The number of alkyl halides is 3. The van der Waals surface area contributed by atoms with Crippen molar-refractivity contribution in [3.63, 3.8) is 0 Å². The lowest BCUT2D eigenvalue weighted by Gasteiger charge is -2.17. The number of unbranched alkanes of at least 4 members (excludes halogenated alkanes) is 1. The van der Waals surface area contributed by atoms with E-state index in [0.717, 1.165) is 62.3 Å². The fraction of sp³-hybridized carbons (Fsp3) is 0.360. The maximum Gasteiger partial charge on any atom is 0.416 e. The molecule has 4 rings (SSSR count). The Morgan fingerprint density at radius 1 is 1.15 bits per heavy atom. The maximum absolute atomic E-state index is 12.8. The predicted molar refractivity (Wildman–Crippen MR) is 124 cm³/mol. The lowest BCUT2D eigenvalue weighted by Crippen LogP contribution is -2.14. The number of benzene rings is 1. The Balaban J connectivity index is 1.30. The van der Waals surface area contributed by atoms with E-state index in [1.165, 1.54) is 17.8 Å². The van der Waals surface area contributed by atoms with E-state index >= 15 is 0 Å². The second-order valence-electron chi connectivity index (χ2n) is 8.29. The van der Waals surface area contributed by atoms with Crippen LogP contribution in [-0.2, 0) is 19.0 Å². The number of nitrogens with one attached hydrogen (secondary N) is 1. The number of hydrogen-bond donors (Lipinski definition) is 1. The molecule has 0 aliphatic carbocycles. The smallest absolute Gasteiger partial charge is 0.370 e. The van der Waals surface area contributed by atoms with Gasteiger partial charge < -0.3 is 5.32 Å². The van der Waals surface area contributed by atoms with Gasteiger partial charge in [-0.15, -0.1) is 0 Å². The van der Waals surface area contributed by atoms with Gasteiger partial charge in [0.2, 0.25) is 0 Å². The SMILES string of the molecule is O=NC(/C=C/c1cnc2cc(C(F)(F)F)ccc2c1)CCCCc1ccc2c(n1)NCCC2. The van der Waals surface area contributed by atoms with Gasteiger partial charge in [-0.3, -0.25) is 4.98 Å². The fourth-order valence-electron chi connectivity index (χ4n) is 3.98. The third kappa shape index (κ3) is 5.94. The Morgan fingerprint density at radius 2 is 2.03 bits per heavy atom. The molecule has 0 saturated heterocycles. The van der Waals surface area contributed by atoms with Crippen molar-refractivity contribution in [1.29, 1.82) is 0 Å². The van der Waals surface area contributed by atoms with Crippen LogP contribution >= 0.6 is 0 Å². The Kier molecular flexibility index (Phi) is 7.01. The van der Waals surface area contributed by atoms with Crippen molar-refractivity contribution in [2.24, 2.45) is 5.18 Å². The first kappa shape index (κ1) is 22.9. The molecule has 0 spiro atoms. The average molecular weight is 454 g/mol. The number of aryl methyl sites for hydroxylation is 2. The number of pyridine rings is 2. The van der Waals surface area contributed by atoms with Crippen molar-refractivity contribution in [3.8, 4) is 0 Å². The molecule has 1 aromatic carbocycles. The zero-order valence-electron chi connectivity index (χ0n) is 18.1. The third-order valence-corrected chi connectivity index (χ3v) is 5.81. The van der Waals surface area contributed by atoms with Crippen molar-refractivity contribution in [2.45, 2.75) is 50.7 Å². The molecule has 0 saturated carbocycles. The highest BCUT2D eigenvalue weighted by atomic mass is 19.4. The molecule has 3 heterocycles. The first-order chi connectivity index (χ1) is 15.9. The highest BCUT2D eigenvalue weighted by Crippen LogP contribution is 2.31. The number of rotatable bonds is 8. The normalized spacial score (nSPS) is 14.8. The van der Waals surface area contributed by atoms with Crippen LogP contribution in [0, 0.1) is 4.91 Å². The van der Waals surface area contributed by atoms with Crippen LogP contribution in [0.15, 0.2) is 53.8 Å². The summed E-state index contributed by atoms with van der Waals surface area (Å²) in [5, 5.41) is 7.14. The number of fused-ring (bicyclic) bond motifs is 2. The molecule has 0 fully saturated rings. The van der Waals surface area contributed by atoms with E-state index in [9.17, 15) is 18.1 Å². The summed E-state index contributed by atoms with van der Waals surface area (Å²) in [6, 6.07) is 8.98. The monoisotopic (exact) mass is 454 g/mol. The van der Waals surface area contributed by atoms with Gasteiger partial charge in [0.1, 0.15) is 11.9 Å². The van der Waals surface area contributed by atoms with Crippen LogP contribution in [0.25, 0.3) is 17.0 Å². The summed E-state index contributed by atoms with van der Waals surface area (Å²) in [5.41, 5.74) is 2.58. The van der Waals surface area contributed by atoms with Crippen molar-refractivity contribution in [2.75, 3.05) is 11.9 Å². The standard InChI is InChI=1S/C25H25F3N4O/c26-25(27,28)20-10-8-19-14-17(16-30-23(19)15-20)7-11-22(32-33)6-2-1-5-21-12-9-18-4-3-13-29-24(18)31-21/h7-12,14-16,22H,1-6,13H2,(H,29,31)/b11-7+. The van der Waals surface area contributed by atoms with Crippen LogP contribution in [0.1, 0.15) is 48.1 Å². The number of aromatic nitrogens is 2. The first-order valence-electron chi connectivity index (χ1n) is 11.1. The van der Waals surface area contributed by atoms with Crippen LogP contribution in [0.3, 0.4) is 0 Å². The summed E-state index contributed by atoms with van der Waals surface area (Å²) >= 11 is 0. The van der Waals surface area contributed by atoms with Gasteiger partial charge in [0.25, 0.3) is 0 Å². The first-order valence-corrected chi connectivity index (χ1v) is 11.1. The predicted octanol–water partition coefficient (Wildman–Crippen LogP) is 6.57. The molecular formula is C25H25F3N4O. The topological polar surface area (TPSA) is 67.2 Å². The van der Waals surface area contributed by atoms with Crippen LogP contribution in [-0.4, -0.2) is 22.6 Å². The van der Waals surface area contributed by atoms with Gasteiger partial charge in [0.05, 0.1) is 11.1 Å². The number of anilines is 1. The Labute approximate surface area is 190 Å². The van der Waals surface area contributed by atoms with Gasteiger partial charge >= 0.3 is 6.18 Å². The average Bonchev–Trinajstić information content (AvgIpc) is 2.82. The second kappa shape index (κ2) is 10.1. The summed E-state index contributed by atoms with van der Waals surface area (Å²) in [4.78, 5) is 20.1. The highest BCUT2D eigenvalue weighted by molar-refractivity contribution is 5.81. The van der Waals surface area contributed by atoms with E-state index in [-0.39, 0.29) is 5.52 Å². The molecule has 1 aliphatic heterocycles. The number of halogens is 3. The molecule has 8 heteroatoms. The number of hydrogen-bond acceptors (Lipinski definition) is 5. The molecule has 3 aromatic rings. The van der Waals surface area contributed by atoms with Crippen LogP contribution in [0.5, 0.6) is 0 Å². The lowest BCUT2D eigenvalue weighted by molar-refractivity contribution is -0.137. The molecule has 1 atom stereocenters. The molecule has 172 valence electrons. The van der Waals surface area contributed by atoms with E-state index in [0.29, 0.717) is 17.4 Å². The molecule has 0 radical (unpaired) electrons. The third-order valence-electron chi connectivity index (χ3n) is 5.81. The van der Waals surface area contributed by atoms with E-state index in [1.807, 2.05) is 0 Å². The minimum atomic E-state index is -4.40. The zero-order valence-corrected chi connectivity index (χ0v) is 18.1. The Morgan fingerprint density at radius 3 is 2.85 bits per heavy atom. The number of nitroso groups, excluding NO2 is 1. The molecule has 5 nitrogen and oxygen atoms in total. The van der Waals surface area contributed by atoms with Gasteiger partial charge in [-0.05, 0) is 67.5 Å².